The van der Waals surface area contributed by atoms with Gasteiger partial charge in [-0.05, 0) is 19.4 Å². The van der Waals surface area contributed by atoms with Crippen LogP contribution >= 0.6 is 11.6 Å². The summed E-state index contributed by atoms with van der Waals surface area (Å²) in [5.74, 6) is -1.45. The smallest absolute Gasteiger partial charge is 0.328 e. The lowest BCUT2D eigenvalue weighted by Gasteiger charge is -2.24. The molecule has 5 N–H and O–H groups in total. The summed E-state index contributed by atoms with van der Waals surface area (Å²) in [6, 6.07) is 0. The maximum atomic E-state index is 12.5. The van der Waals surface area contributed by atoms with E-state index < -0.39 is 17.1 Å². The molecular weight excluding hydrogens is 187 g/mol. The predicted molar refractivity (Wildman–Crippen MR) is 43.6 cm³/mol. The van der Waals surface area contributed by atoms with Gasteiger partial charge in [0.1, 0.15) is 0 Å². The highest BCUT2D eigenvalue weighted by Crippen LogP contribution is 2.20. The van der Waals surface area contributed by atoms with Crippen LogP contribution in [0.25, 0.3) is 0 Å². The van der Waals surface area contributed by atoms with Gasteiger partial charge in [0.2, 0.25) is 5.63 Å². The normalized spacial score (nSPS) is 18.3. The second-order valence-electron chi connectivity index (χ2n) is 2.54. The second-order valence-corrected chi connectivity index (χ2v) is 2.92. The van der Waals surface area contributed by atoms with Crippen molar-refractivity contribution in [1.29, 1.82) is 0 Å². The van der Waals surface area contributed by atoms with Crippen LogP contribution in [-0.4, -0.2) is 28.8 Å². The maximum absolute atomic E-state index is 12.5. The lowest BCUT2D eigenvalue weighted by molar-refractivity contribution is -0.145. The molecule has 0 saturated carbocycles. The van der Waals surface area contributed by atoms with Gasteiger partial charge >= 0.3 is 5.97 Å². The van der Waals surface area contributed by atoms with Crippen LogP contribution in [-0.2, 0) is 4.79 Å². The van der Waals surface area contributed by atoms with Crippen LogP contribution in [0.5, 0.6) is 0 Å². The van der Waals surface area contributed by atoms with Crippen LogP contribution < -0.4 is 11.5 Å². The van der Waals surface area contributed by atoms with E-state index in [0.717, 1.165) is 0 Å². The third-order valence-electron chi connectivity index (χ3n) is 1.58. The minimum atomic E-state index is -2.10. The third-order valence-corrected chi connectivity index (χ3v) is 1.97. The van der Waals surface area contributed by atoms with Gasteiger partial charge < -0.3 is 16.6 Å². The molecule has 0 heterocycles. The van der Waals surface area contributed by atoms with Gasteiger partial charge in [0.25, 0.3) is 0 Å². The molecule has 12 heavy (non-hydrogen) atoms. The highest BCUT2D eigenvalue weighted by molar-refractivity contribution is 6.22. The number of carboxylic acids is 1. The standard InChI is InChI=1S/C6H12ClFN2O2/c7-4(8)6(10,5(11)12)2-1-3-9/h4H,1-3,9-10H2,(H,11,12)/t4?,6-/m0/s1. The number of alkyl halides is 2. The predicted octanol–water partition coefficient (Wildman–Crippen LogP) is 0.0418. The maximum Gasteiger partial charge on any atom is 0.328 e. The molecule has 0 aromatic carbocycles. The van der Waals surface area contributed by atoms with Crippen LogP contribution in [0.3, 0.4) is 0 Å². The molecule has 1 unspecified atom stereocenters. The molecule has 0 aromatic rings. The first-order valence-corrected chi connectivity index (χ1v) is 3.89. The van der Waals surface area contributed by atoms with Crippen molar-refractivity contribution in [2.75, 3.05) is 6.54 Å². The Morgan fingerprint density at radius 1 is 1.75 bits per heavy atom. The fourth-order valence-corrected chi connectivity index (χ4v) is 0.906. The molecule has 72 valence electrons. The zero-order valence-electron chi connectivity index (χ0n) is 6.46. The highest BCUT2D eigenvalue weighted by Gasteiger charge is 2.41. The average Bonchev–Trinajstić information content (AvgIpc) is 1.99. The van der Waals surface area contributed by atoms with Crippen LogP contribution in [0.15, 0.2) is 0 Å². The van der Waals surface area contributed by atoms with Gasteiger partial charge in [-0.15, -0.1) is 0 Å². The minimum Gasteiger partial charge on any atom is -0.480 e. The molecule has 2 atom stereocenters. The molecule has 0 radical (unpaired) electrons. The summed E-state index contributed by atoms with van der Waals surface area (Å²) in [6.07, 6.45) is 0.263. The Hall–Kier alpha value is -0.390. The summed E-state index contributed by atoms with van der Waals surface area (Å²) in [5, 5.41) is 8.54. The van der Waals surface area contributed by atoms with Crippen LogP contribution in [0.2, 0.25) is 0 Å². The number of hydrogen-bond donors (Lipinski definition) is 3. The van der Waals surface area contributed by atoms with Gasteiger partial charge in [0.05, 0.1) is 0 Å². The summed E-state index contributed by atoms with van der Waals surface area (Å²) in [5.41, 5.74) is 6.22. The Morgan fingerprint density at radius 3 is 2.50 bits per heavy atom. The molecule has 0 fully saturated rings. The van der Waals surface area contributed by atoms with E-state index in [1.165, 1.54) is 0 Å². The van der Waals surface area contributed by atoms with E-state index in [9.17, 15) is 9.18 Å². The summed E-state index contributed by atoms with van der Waals surface area (Å²) in [4.78, 5) is 10.5. The molecule has 0 amide bonds. The highest BCUT2D eigenvalue weighted by atomic mass is 35.5. The quantitative estimate of drug-likeness (QED) is 0.545. The Morgan fingerprint density at radius 2 is 2.25 bits per heavy atom. The van der Waals surface area contributed by atoms with Crippen molar-refractivity contribution < 1.29 is 14.3 Å². The van der Waals surface area contributed by atoms with Crippen molar-refractivity contribution in [1.82, 2.24) is 0 Å². The number of hydrogen-bond acceptors (Lipinski definition) is 3. The first kappa shape index (κ1) is 11.6. The second kappa shape index (κ2) is 4.59. The van der Waals surface area contributed by atoms with Gasteiger partial charge in [-0.1, -0.05) is 11.6 Å². The van der Waals surface area contributed by atoms with Crippen molar-refractivity contribution in [3.63, 3.8) is 0 Å². The van der Waals surface area contributed by atoms with E-state index in [2.05, 4.69) is 0 Å². The molecule has 0 aliphatic heterocycles. The molecule has 6 heteroatoms. The topological polar surface area (TPSA) is 89.3 Å². The number of carboxylic acid groups (broad SMARTS) is 1. The first-order chi connectivity index (χ1) is 5.45. The zero-order valence-corrected chi connectivity index (χ0v) is 7.22. The monoisotopic (exact) mass is 198 g/mol. The van der Waals surface area contributed by atoms with Gasteiger partial charge in [-0.25, -0.2) is 4.39 Å². The molecular formula is C6H12ClFN2O2. The van der Waals surface area contributed by atoms with Crippen LogP contribution in [0.1, 0.15) is 12.8 Å². The molecule has 0 spiro atoms. The first-order valence-electron chi connectivity index (χ1n) is 3.45. The van der Waals surface area contributed by atoms with Crippen molar-refractivity contribution in [3.05, 3.63) is 0 Å². The number of aliphatic carboxylic acids is 1. The zero-order chi connectivity index (χ0) is 9.78. The van der Waals surface area contributed by atoms with E-state index in [1.54, 1.807) is 0 Å². The Bertz CT molecular complexity index is 168. The molecule has 0 saturated heterocycles. The summed E-state index contributed by atoms with van der Waals surface area (Å²) in [7, 11) is 0. The Balaban J connectivity index is 4.29. The minimum absolute atomic E-state index is 0.0660. The lowest BCUT2D eigenvalue weighted by Crippen LogP contribution is -2.54. The van der Waals surface area contributed by atoms with Gasteiger partial charge in [-0.2, -0.15) is 0 Å². The van der Waals surface area contributed by atoms with Crippen LogP contribution in [0.4, 0.5) is 4.39 Å². The van der Waals surface area contributed by atoms with E-state index in [4.69, 9.17) is 28.2 Å². The van der Waals surface area contributed by atoms with Gasteiger partial charge in [-0.3, -0.25) is 4.79 Å². The third kappa shape index (κ3) is 2.58. The van der Waals surface area contributed by atoms with Crippen LogP contribution in [0, 0.1) is 0 Å². The average molecular weight is 199 g/mol. The summed E-state index contributed by atoms with van der Waals surface area (Å²) >= 11 is 5.00. The van der Waals surface area contributed by atoms with Crippen molar-refractivity contribution in [3.8, 4) is 0 Å². The molecule has 4 nitrogen and oxygen atoms in total. The van der Waals surface area contributed by atoms with Crippen molar-refractivity contribution in [2.45, 2.75) is 24.0 Å². The molecule has 0 aromatic heterocycles. The van der Waals surface area contributed by atoms with Gasteiger partial charge in [0.15, 0.2) is 5.54 Å². The number of halogens is 2. The summed E-state index contributed by atoms with van der Waals surface area (Å²) in [6.45, 7) is 0.260. The van der Waals surface area contributed by atoms with E-state index in [1.807, 2.05) is 0 Å². The molecule has 0 bridgehead atoms. The van der Waals surface area contributed by atoms with E-state index in [-0.39, 0.29) is 13.0 Å². The SMILES string of the molecule is NCCC[C@@](N)(C(=O)O)C(F)Cl. The fraction of sp³-hybridized carbons (Fsp3) is 0.833. The summed E-state index contributed by atoms with van der Waals surface area (Å²) < 4.78 is 12.5. The molecule has 0 rings (SSSR count). The van der Waals surface area contributed by atoms with Crippen molar-refractivity contribution >= 4 is 17.6 Å². The number of rotatable bonds is 5. The van der Waals surface area contributed by atoms with Gasteiger partial charge in [0, 0.05) is 0 Å². The fourth-order valence-electron chi connectivity index (χ4n) is 0.704. The largest absolute Gasteiger partial charge is 0.480 e. The van der Waals surface area contributed by atoms with E-state index in [0.29, 0.717) is 6.42 Å². The number of nitrogens with two attached hydrogens (primary N) is 2. The Kier molecular flexibility index (Phi) is 4.44. The Labute approximate surface area is 74.7 Å². The molecule has 0 aliphatic carbocycles. The lowest BCUT2D eigenvalue weighted by atomic mass is 9.96. The number of carbonyl (C=O) groups is 1. The van der Waals surface area contributed by atoms with E-state index >= 15 is 0 Å². The molecule has 0 aliphatic rings. The van der Waals surface area contributed by atoms with Crippen molar-refractivity contribution in [2.24, 2.45) is 11.5 Å².